The summed E-state index contributed by atoms with van der Waals surface area (Å²) in [6.45, 7) is 4.26. The zero-order chi connectivity index (χ0) is 24.8. The van der Waals surface area contributed by atoms with Crippen molar-refractivity contribution in [3.05, 3.63) is 42.5 Å². The van der Waals surface area contributed by atoms with Crippen LogP contribution in [0.3, 0.4) is 0 Å². The van der Waals surface area contributed by atoms with E-state index in [1.807, 2.05) is 0 Å². The van der Waals surface area contributed by atoms with Crippen molar-refractivity contribution >= 4 is 33.5 Å². The first-order valence-corrected chi connectivity index (χ1v) is 14.8. The molecule has 2 aromatic rings. The predicted molar refractivity (Wildman–Crippen MR) is 106 cm³/mol. The lowest BCUT2D eigenvalue weighted by molar-refractivity contribution is -0.0502. The van der Waals surface area contributed by atoms with Gasteiger partial charge in [0.05, 0.1) is 8.07 Å². The van der Waals surface area contributed by atoms with Crippen molar-refractivity contribution in [3.63, 3.8) is 0 Å². The van der Waals surface area contributed by atoms with Gasteiger partial charge in [0.1, 0.15) is 11.5 Å². The van der Waals surface area contributed by atoms with Crippen molar-refractivity contribution in [1.82, 2.24) is 0 Å². The number of rotatable bonds is 6. The normalized spacial score (nSPS) is 13.7. The Balaban J connectivity index is 2.89. The van der Waals surface area contributed by atoms with Crippen molar-refractivity contribution in [2.24, 2.45) is 0 Å². The number of hydrogen-bond donors (Lipinski definition) is 0. The summed E-state index contributed by atoms with van der Waals surface area (Å²) in [6, 6.07) is 9.11. The summed E-state index contributed by atoms with van der Waals surface area (Å²) in [4.78, 5) is 0. The molecule has 0 fully saturated rings. The van der Waals surface area contributed by atoms with Crippen LogP contribution in [0.25, 0.3) is 11.1 Å². The fourth-order valence-corrected chi connectivity index (χ4v) is 5.39. The molecule has 6 nitrogen and oxygen atoms in total. The van der Waals surface area contributed by atoms with E-state index < -0.39 is 56.0 Å². The minimum Gasteiger partial charge on any atom is -0.376 e. The molecule has 2 aromatic carbocycles. The Morgan fingerprint density at radius 3 is 1.38 bits per heavy atom. The monoisotopic (exact) mass is 522 g/mol. The van der Waals surface area contributed by atoms with Crippen LogP contribution in [0.4, 0.5) is 26.3 Å². The van der Waals surface area contributed by atoms with E-state index in [9.17, 15) is 43.2 Å². The predicted octanol–water partition coefficient (Wildman–Crippen LogP) is 4.36. The van der Waals surface area contributed by atoms with Gasteiger partial charge in [-0.3, -0.25) is 0 Å². The quantitative estimate of drug-likeness (QED) is 0.243. The van der Waals surface area contributed by atoms with E-state index in [0.29, 0.717) is 0 Å². The van der Waals surface area contributed by atoms with Gasteiger partial charge in [-0.05, 0) is 23.3 Å². The molecule has 0 N–H and O–H groups in total. The van der Waals surface area contributed by atoms with E-state index in [2.05, 4.69) is 8.37 Å². The molecule has 0 aliphatic heterocycles. The average Bonchev–Trinajstić information content (AvgIpc) is 2.58. The maximum atomic E-state index is 12.9. The lowest BCUT2D eigenvalue weighted by Crippen LogP contribution is -2.42. The molecule has 0 atom stereocenters. The van der Waals surface area contributed by atoms with Crippen molar-refractivity contribution < 1.29 is 51.5 Å². The molecule has 0 aromatic heterocycles. The Hall–Kier alpha value is -2.26. The first-order valence-electron chi connectivity index (χ1n) is 8.52. The molecule has 0 radical (unpaired) electrons. The van der Waals surface area contributed by atoms with Gasteiger partial charge >= 0.3 is 31.3 Å². The Morgan fingerprint density at radius 1 is 0.688 bits per heavy atom. The molecule has 2 rings (SSSR count). The minimum absolute atomic E-state index is 0.132. The number of hydrogen-bond acceptors (Lipinski definition) is 6. The highest BCUT2D eigenvalue weighted by Gasteiger charge is 2.51. The lowest BCUT2D eigenvalue weighted by atomic mass is 10.1. The molecule has 0 bridgehead atoms. The lowest BCUT2D eigenvalue weighted by Gasteiger charge is -2.25. The van der Waals surface area contributed by atoms with E-state index in [0.717, 1.165) is 12.1 Å². The Labute approximate surface area is 181 Å². The average molecular weight is 523 g/mol. The van der Waals surface area contributed by atoms with E-state index >= 15 is 0 Å². The molecule has 0 saturated carbocycles. The first-order chi connectivity index (χ1) is 14.3. The molecule has 0 amide bonds. The standard InChI is InChI=1S/C17H16F6O6S2Si/c1-32(2,3)15-13(28-30(24,25)16(18,19)20)9-12(11-7-5-4-6-8-11)10-14(15)29-31(26,27)17(21,22)23/h4-10H,1-3H3. The van der Waals surface area contributed by atoms with Crippen LogP contribution in [0.2, 0.25) is 19.6 Å². The van der Waals surface area contributed by atoms with Gasteiger partial charge in [-0.1, -0.05) is 50.0 Å². The maximum absolute atomic E-state index is 12.9. The maximum Gasteiger partial charge on any atom is 0.534 e. The number of alkyl halides is 6. The van der Waals surface area contributed by atoms with Gasteiger partial charge in [0.25, 0.3) is 0 Å². The Kier molecular flexibility index (Phi) is 6.71. The summed E-state index contributed by atoms with van der Waals surface area (Å²) in [5.41, 5.74) is -11.6. The van der Waals surface area contributed by atoms with Gasteiger partial charge in [0.15, 0.2) is 0 Å². The summed E-state index contributed by atoms with van der Waals surface area (Å²) in [5.74, 6) is -1.95. The second-order valence-electron chi connectivity index (χ2n) is 7.43. The highest BCUT2D eigenvalue weighted by molar-refractivity contribution is 7.88. The highest BCUT2D eigenvalue weighted by Crippen LogP contribution is 2.36. The SMILES string of the molecule is C[Si](C)(C)c1c(OS(=O)(=O)C(F)(F)F)cc(-c2ccccc2)cc1OS(=O)(=O)C(F)(F)F. The molecule has 0 saturated heterocycles. The van der Waals surface area contributed by atoms with E-state index in [1.165, 1.54) is 43.9 Å². The van der Waals surface area contributed by atoms with Gasteiger partial charge in [-0.15, -0.1) is 0 Å². The Morgan fingerprint density at radius 2 is 1.06 bits per heavy atom. The van der Waals surface area contributed by atoms with Crippen molar-refractivity contribution in [2.75, 3.05) is 0 Å². The largest absolute Gasteiger partial charge is 0.534 e. The highest BCUT2D eigenvalue weighted by atomic mass is 32.2. The summed E-state index contributed by atoms with van der Waals surface area (Å²) >= 11 is 0. The van der Waals surface area contributed by atoms with Crippen molar-refractivity contribution in [3.8, 4) is 22.6 Å². The molecule has 0 aliphatic carbocycles. The third-order valence-electron chi connectivity index (χ3n) is 3.89. The Bertz CT molecular complexity index is 1130. The van der Waals surface area contributed by atoms with Crippen LogP contribution in [0.5, 0.6) is 11.5 Å². The first kappa shape index (κ1) is 26.0. The van der Waals surface area contributed by atoms with Gasteiger partial charge in [0.2, 0.25) is 0 Å². The van der Waals surface area contributed by atoms with Gasteiger partial charge in [-0.25, -0.2) is 0 Å². The van der Waals surface area contributed by atoms with Crippen LogP contribution in [-0.2, 0) is 20.2 Å². The molecular formula is C17H16F6O6S2Si. The number of halogens is 6. The molecule has 0 spiro atoms. The van der Waals surface area contributed by atoms with Crippen LogP contribution in [0.1, 0.15) is 0 Å². The molecule has 178 valence electrons. The van der Waals surface area contributed by atoms with Crippen LogP contribution < -0.4 is 13.6 Å². The topological polar surface area (TPSA) is 86.7 Å². The van der Waals surface area contributed by atoms with Crippen LogP contribution in [0, 0.1) is 0 Å². The molecule has 0 aliphatic rings. The zero-order valence-electron chi connectivity index (χ0n) is 16.6. The smallest absolute Gasteiger partial charge is 0.376 e. The van der Waals surface area contributed by atoms with Gasteiger partial charge in [0, 0.05) is 5.19 Å². The summed E-state index contributed by atoms with van der Waals surface area (Å²) in [5, 5.41) is -0.502. The summed E-state index contributed by atoms with van der Waals surface area (Å²) in [7, 11) is -15.5. The number of benzene rings is 2. The molecule has 0 unspecified atom stereocenters. The molecule has 0 heterocycles. The van der Waals surface area contributed by atoms with Crippen LogP contribution >= 0.6 is 0 Å². The van der Waals surface area contributed by atoms with E-state index in [1.54, 1.807) is 6.07 Å². The van der Waals surface area contributed by atoms with Gasteiger partial charge in [-0.2, -0.15) is 43.2 Å². The second-order valence-corrected chi connectivity index (χ2v) is 15.5. The van der Waals surface area contributed by atoms with Crippen molar-refractivity contribution in [1.29, 1.82) is 0 Å². The zero-order valence-corrected chi connectivity index (χ0v) is 19.2. The van der Waals surface area contributed by atoms with Crippen LogP contribution in [0.15, 0.2) is 42.5 Å². The fraction of sp³-hybridized carbons (Fsp3) is 0.294. The van der Waals surface area contributed by atoms with E-state index in [4.69, 9.17) is 0 Å². The second kappa shape index (κ2) is 8.26. The third kappa shape index (κ3) is 5.56. The van der Waals surface area contributed by atoms with Gasteiger partial charge < -0.3 is 8.37 Å². The van der Waals surface area contributed by atoms with E-state index in [-0.39, 0.29) is 11.1 Å². The molecule has 32 heavy (non-hydrogen) atoms. The summed E-state index contributed by atoms with van der Waals surface area (Å²) < 4.78 is 133. The van der Waals surface area contributed by atoms with Crippen molar-refractivity contribution in [2.45, 2.75) is 30.7 Å². The van der Waals surface area contributed by atoms with Crippen LogP contribution in [-0.4, -0.2) is 35.9 Å². The minimum atomic E-state index is -6.23. The third-order valence-corrected chi connectivity index (χ3v) is 7.81. The fourth-order valence-electron chi connectivity index (χ4n) is 2.59. The molecule has 15 heteroatoms. The summed E-state index contributed by atoms with van der Waals surface area (Å²) in [6.07, 6.45) is 0. The molecular weight excluding hydrogens is 506 g/mol.